The van der Waals surface area contributed by atoms with E-state index in [0.717, 1.165) is 36.0 Å². The van der Waals surface area contributed by atoms with Crippen molar-refractivity contribution < 1.29 is 4.79 Å². The van der Waals surface area contributed by atoms with E-state index in [4.69, 9.17) is 5.73 Å². The average Bonchev–Trinajstić information content (AvgIpc) is 2.45. The van der Waals surface area contributed by atoms with Gasteiger partial charge in [0.25, 0.3) is 5.91 Å². The fourth-order valence-corrected chi connectivity index (χ4v) is 3.25. The predicted octanol–water partition coefficient (Wildman–Crippen LogP) is 2.80. The third-order valence-electron chi connectivity index (χ3n) is 4.57. The maximum absolute atomic E-state index is 12.9. The largest absolute Gasteiger partial charge is 0.336 e. The summed E-state index contributed by atoms with van der Waals surface area (Å²) in [4.78, 5) is 19.5. The topological polar surface area (TPSA) is 59.2 Å². The highest BCUT2D eigenvalue weighted by Gasteiger charge is 2.28. The molecule has 3 rings (SSSR count). The van der Waals surface area contributed by atoms with Crippen molar-refractivity contribution >= 4 is 16.8 Å². The van der Waals surface area contributed by atoms with Gasteiger partial charge in [-0.2, -0.15) is 0 Å². The molecule has 2 aromatic rings. The number of rotatable bonds is 1. The van der Waals surface area contributed by atoms with Crippen LogP contribution in [0.2, 0.25) is 0 Å². The summed E-state index contributed by atoms with van der Waals surface area (Å²) < 4.78 is 0. The first-order valence-corrected chi connectivity index (χ1v) is 7.90. The number of pyridine rings is 1. The zero-order chi connectivity index (χ0) is 15.9. The molecule has 22 heavy (non-hydrogen) atoms. The fourth-order valence-electron chi connectivity index (χ4n) is 3.25. The van der Waals surface area contributed by atoms with Crippen LogP contribution in [0.3, 0.4) is 0 Å². The first-order valence-electron chi connectivity index (χ1n) is 7.90. The number of carbonyl (C=O) groups is 1. The molecule has 0 bridgehead atoms. The molecule has 116 valence electrons. The minimum Gasteiger partial charge on any atom is -0.336 e. The molecule has 1 aliphatic heterocycles. The molecule has 0 aliphatic carbocycles. The van der Waals surface area contributed by atoms with Crippen molar-refractivity contribution in [2.75, 3.05) is 6.54 Å². The van der Waals surface area contributed by atoms with Crippen LogP contribution in [-0.2, 0) is 0 Å². The van der Waals surface area contributed by atoms with E-state index in [1.165, 1.54) is 5.56 Å². The van der Waals surface area contributed by atoms with Gasteiger partial charge >= 0.3 is 0 Å². The van der Waals surface area contributed by atoms with Crippen molar-refractivity contribution in [3.05, 3.63) is 41.1 Å². The second kappa shape index (κ2) is 5.69. The Morgan fingerprint density at radius 2 is 2.09 bits per heavy atom. The van der Waals surface area contributed by atoms with E-state index in [2.05, 4.69) is 24.0 Å². The smallest absolute Gasteiger partial charge is 0.255 e. The van der Waals surface area contributed by atoms with Gasteiger partial charge < -0.3 is 10.6 Å². The van der Waals surface area contributed by atoms with Crippen LogP contribution in [0.15, 0.2) is 24.3 Å². The highest BCUT2D eigenvalue weighted by molar-refractivity contribution is 5.99. The molecule has 1 aromatic heterocycles. The summed E-state index contributed by atoms with van der Waals surface area (Å²) in [5.41, 5.74) is 9.62. The van der Waals surface area contributed by atoms with Gasteiger partial charge in [0.05, 0.1) is 16.8 Å². The van der Waals surface area contributed by atoms with E-state index in [1.54, 1.807) is 0 Å². The maximum Gasteiger partial charge on any atom is 0.255 e. The highest BCUT2D eigenvalue weighted by Crippen LogP contribution is 2.23. The standard InChI is InChI=1S/C18H23N3O/c1-11-4-5-14-10-16(13(3)20-17(14)8-11)18(22)21-7-6-15(19)9-12(21)2/h4-5,8,10,12,15H,6-7,9,19H2,1-3H3/t12-,15+/m0/s1. The van der Waals surface area contributed by atoms with Gasteiger partial charge in [0.2, 0.25) is 0 Å². The van der Waals surface area contributed by atoms with Gasteiger partial charge in [0, 0.05) is 24.0 Å². The molecule has 0 unspecified atom stereocenters. The Kier molecular flexibility index (Phi) is 3.87. The molecule has 4 heteroatoms. The van der Waals surface area contributed by atoms with Gasteiger partial charge in [-0.25, -0.2) is 0 Å². The number of aromatic nitrogens is 1. The van der Waals surface area contributed by atoms with Gasteiger partial charge in [0.15, 0.2) is 0 Å². The Morgan fingerprint density at radius 1 is 1.32 bits per heavy atom. The second-order valence-corrected chi connectivity index (χ2v) is 6.45. The number of likely N-dealkylation sites (tertiary alicyclic amines) is 1. The molecule has 1 saturated heterocycles. The summed E-state index contributed by atoms with van der Waals surface area (Å²) in [6, 6.07) is 8.50. The SMILES string of the molecule is Cc1ccc2cc(C(=O)N3CC[C@@H](N)C[C@@H]3C)c(C)nc2c1. The van der Waals surface area contributed by atoms with Crippen molar-refractivity contribution in [1.82, 2.24) is 9.88 Å². The zero-order valence-electron chi connectivity index (χ0n) is 13.5. The number of benzene rings is 1. The first kappa shape index (κ1) is 15.0. The third kappa shape index (κ3) is 2.71. The van der Waals surface area contributed by atoms with Crippen molar-refractivity contribution in [3.63, 3.8) is 0 Å². The Bertz CT molecular complexity index is 726. The number of fused-ring (bicyclic) bond motifs is 1. The molecule has 1 amide bonds. The summed E-state index contributed by atoms with van der Waals surface area (Å²) >= 11 is 0. The molecule has 0 saturated carbocycles. The molecule has 2 N–H and O–H groups in total. The number of nitrogens with two attached hydrogens (primary N) is 1. The minimum atomic E-state index is 0.0758. The van der Waals surface area contributed by atoms with Crippen LogP contribution in [0.4, 0.5) is 0 Å². The van der Waals surface area contributed by atoms with Gasteiger partial charge in [-0.05, 0) is 51.3 Å². The molecular formula is C18H23N3O. The van der Waals surface area contributed by atoms with Gasteiger partial charge in [0.1, 0.15) is 0 Å². The average molecular weight is 297 g/mol. The first-order chi connectivity index (χ1) is 10.5. The van der Waals surface area contributed by atoms with E-state index >= 15 is 0 Å². The van der Waals surface area contributed by atoms with E-state index in [9.17, 15) is 4.79 Å². The number of amides is 1. The Morgan fingerprint density at radius 3 is 2.82 bits per heavy atom. The van der Waals surface area contributed by atoms with E-state index in [-0.39, 0.29) is 18.0 Å². The number of carbonyl (C=O) groups excluding carboxylic acids is 1. The van der Waals surface area contributed by atoms with Crippen LogP contribution in [0.25, 0.3) is 10.9 Å². The van der Waals surface area contributed by atoms with Crippen LogP contribution >= 0.6 is 0 Å². The van der Waals surface area contributed by atoms with Crippen LogP contribution in [-0.4, -0.2) is 34.4 Å². The molecular weight excluding hydrogens is 274 g/mol. The Balaban J connectivity index is 1.97. The number of hydrogen-bond donors (Lipinski definition) is 1. The predicted molar refractivity (Wildman–Crippen MR) is 88.9 cm³/mol. The van der Waals surface area contributed by atoms with Gasteiger partial charge in [-0.1, -0.05) is 12.1 Å². The van der Waals surface area contributed by atoms with Crippen LogP contribution in [0.5, 0.6) is 0 Å². The summed E-state index contributed by atoms with van der Waals surface area (Å²) in [5, 5.41) is 1.01. The van der Waals surface area contributed by atoms with Gasteiger partial charge in [-0.15, -0.1) is 0 Å². The van der Waals surface area contributed by atoms with Crippen molar-refractivity contribution in [2.24, 2.45) is 5.73 Å². The number of hydrogen-bond acceptors (Lipinski definition) is 3. The summed E-state index contributed by atoms with van der Waals surface area (Å²) in [7, 11) is 0. The normalized spacial score (nSPS) is 22.1. The maximum atomic E-state index is 12.9. The lowest BCUT2D eigenvalue weighted by Gasteiger charge is -2.36. The highest BCUT2D eigenvalue weighted by atomic mass is 16.2. The molecule has 0 spiro atoms. The molecule has 1 aliphatic rings. The summed E-state index contributed by atoms with van der Waals surface area (Å²) in [6.07, 6.45) is 1.74. The van der Waals surface area contributed by atoms with E-state index < -0.39 is 0 Å². The van der Waals surface area contributed by atoms with Crippen LogP contribution in [0, 0.1) is 13.8 Å². The Hall–Kier alpha value is -1.94. The fraction of sp³-hybridized carbons (Fsp3) is 0.444. The minimum absolute atomic E-state index is 0.0758. The lowest BCUT2D eigenvalue weighted by Crippen LogP contribution is -2.48. The summed E-state index contributed by atoms with van der Waals surface area (Å²) in [6.45, 7) is 6.76. The number of piperidine rings is 1. The zero-order valence-corrected chi connectivity index (χ0v) is 13.5. The lowest BCUT2D eigenvalue weighted by atomic mass is 9.97. The van der Waals surface area contributed by atoms with Crippen LogP contribution in [0.1, 0.15) is 41.4 Å². The van der Waals surface area contributed by atoms with E-state index in [0.29, 0.717) is 5.56 Å². The molecule has 0 radical (unpaired) electrons. The number of aryl methyl sites for hydroxylation is 2. The monoisotopic (exact) mass is 297 g/mol. The molecule has 1 aromatic carbocycles. The van der Waals surface area contributed by atoms with Crippen LogP contribution < -0.4 is 5.73 Å². The Labute approximate surface area is 131 Å². The molecule has 2 heterocycles. The lowest BCUT2D eigenvalue weighted by molar-refractivity contribution is 0.0618. The third-order valence-corrected chi connectivity index (χ3v) is 4.57. The second-order valence-electron chi connectivity index (χ2n) is 6.45. The van der Waals surface area contributed by atoms with Crippen molar-refractivity contribution in [3.8, 4) is 0 Å². The summed E-state index contributed by atoms with van der Waals surface area (Å²) in [5.74, 6) is 0.0758. The molecule has 1 fully saturated rings. The van der Waals surface area contributed by atoms with E-state index in [1.807, 2.05) is 30.9 Å². The van der Waals surface area contributed by atoms with Crippen molar-refractivity contribution in [1.29, 1.82) is 0 Å². The van der Waals surface area contributed by atoms with Crippen molar-refractivity contribution in [2.45, 2.75) is 45.7 Å². The molecule has 4 nitrogen and oxygen atoms in total. The molecule has 2 atom stereocenters. The quantitative estimate of drug-likeness (QED) is 0.880. The van der Waals surface area contributed by atoms with Gasteiger partial charge in [-0.3, -0.25) is 9.78 Å². The number of nitrogens with zero attached hydrogens (tertiary/aromatic N) is 2.